The van der Waals surface area contributed by atoms with Gasteiger partial charge in [-0.3, -0.25) is 4.68 Å². The van der Waals surface area contributed by atoms with Crippen molar-refractivity contribution in [2.75, 3.05) is 0 Å². The van der Waals surface area contributed by atoms with Crippen molar-refractivity contribution in [3.8, 4) is 0 Å². The minimum absolute atomic E-state index is 0.0747. The van der Waals surface area contributed by atoms with Crippen LogP contribution in [0.3, 0.4) is 0 Å². The SMILES string of the molecule is CC(C)(O)Cn1nc(Br)cc1CO. The zero-order valence-electron chi connectivity index (χ0n) is 7.66. The van der Waals surface area contributed by atoms with E-state index >= 15 is 0 Å². The van der Waals surface area contributed by atoms with Crippen LogP contribution < -0.4 is 0 Å². The molecule has 13 heavy (non-hydrogen) atoms. The normalized spacial score (nSPS) is 12.1. The van der Waals surface area contributed by atoms with Crippen molar-refractivity contribution in [2.24, 2.45) is 0 Å². The van der Waals surface area contributed by atoms with Crippen molar-refractivity contribution in [3.05, 3.63) is 16.4 Å². The van der Waals surface area contributed by atoms with E-state index in [1.807, 2.05) is 0 Å². The fourth-order valence-electron chi connectivity index (χ4n) is 1.05. The fraction of sp³-hybridized carbons (Fsp3) is 0.625. The average molecular weight is 249 g/mol. The summed E-state index contributed by atoms with van der Waals surface area (Å²) in [6.45, 7) is 3.69. The van der Waals surface area contributed by atoms with Crippen molar-refractivity contribution in [1.82, 2.24) is 9.78 Å². The third-order valence-corrected chi connectivity index (χ3v) is 1.92. The molecule has 74 valence electrons. The molecule has 2 N–H and O–H groups in total. The first-order valence-electron chi connectivity index (χ1n) is 3.98. The molecule has 0 atom stereocenters. The summed E-state index contributed by atoms with van der Waals surface area (Å²) < 4.78 is 2.25. The molecule has 1 heterocycles. The van der Waals surface area contributed by atoms with Gasteiger partial charge in [-0.15, -0.1) is 0 Å². The first kappa shape index (κ1) is 10.7. The maximum absolute atomic E-state index is 9.54. The number of rotatable bonds is 3. The Morgan fingerprint density at radius 1 is 1.62 bits per heavy atom. The van der Waals surface area contributed by atoms with Gasteiger partial charge in [0.2, 0.25) is 0 Å². The summed E-state index contributed by atoms with van der Waals surface area (Å²) in [5.41, 5.74) is -0.135. The van der Waals surface area contributed by atoms with Gasteiger partial charge in [-0.1, -0.05) is 0 Å². The Morgan fingerprint density at radius 3 is 2.69 bits per heavy atom. The molecule has 0 saturated heterocycles. The Kier molecular flexibility index (Phi) is 3.10. The molecule has 1 aromatic heterocycles. The summed E-state index contributed by atoms with van der Waals surface area (Å²) in [5, 5.41) is 22.6. The largest absolute Gasteiger partial charge is 0.390 e. The van der Waals surface area contributed by atoms with Crippen molar-refractivity contribution in [2.45, 2.75) is 32.6 Å². The van der Waals surface area contributed by atoms with Gasteiger partial charge in [0.1, 0.15) is 4.60 Å². The van der Waals surface area contributed by atoms with Crippen LogP contribution in [0.1, 0.15) is 19.5 Å². The minimum atomic E-state index is -0.824. The number of nitrogens with zero attached hydrogens (tertiary/aromatic N) is 2. The molecule has 0 aliphatic rings. The van der Waals surface area contributed by atoms with Crippen LogP contribution in [-0.4, -0.2) is 25.6 Å². The Bertz CT molecular complexity index is 291. The van der Waals surface area contributed by atoms with Gasteiger partial charge in [0.05, 0.1) is 24.4 Å². The highest BCUT2D eigenvalue weighted by Gasteiger charge is 2.16. The molecule has 0 aromatic carbocycles. The Labute approximate surface area is 85.3 Å². The van der Waals surface area contributed by atoms with Gasteiger partial charge >= 0.3 is 0 Å². The number of aromatic nitrogens is 2. The quantitative estimate of drug-likeness (QED) is 0.837. The van der Waals surface area contributed by atoms with Crippen LogP contribution in [0.4, 0.5) is 0 Å². The van der Waals surface area contributed by atoms with Crippen molar-refractivity contribution in [3.63, 3.8) is 0 Å². The molecule has 1 aromatic rings. The molecule has 0 unspecified atom stereocenters. The molecule has 0 bridgehead atoms. The van der Waals surface area contributed by atoms with E-state index in [0.29, 0.717) is 16.8 Å². The fourth-order valence-corrected chi connectivity index (χ4v) is 1.51. The zero-order valence-corrected chi connectivity index (χ0v) is 9.24. The van der Waals surface area contributed by atoms with Gasteiger partial charge in [0.15, 0.2) is 0 Å². The lowest BCUT2D eigenvalue weighted by Gasteiger charge is -2.18. The van der Waals surface area contributed by atoms with E-state index in [1.54, 1.807) is 24.6 Å². The molecule has 0 spiro atoms. The number of hydrogen-bond acceptors (Lipinski definition) is 3. The molecule has 4 nitrogen and oxygen atoms in total. The van der Waals surface area contributed by atoms with E-state index in [-0.39, 0.29) is 6.61 Å². The minimum Gasteiger partial charge on any atom is -0.390 e. The molecule has 0 saturated carbocycles. The molecule has 0 aliphatic carbocycles. The molecule has 5 heteroatoms. The van der Waals surface area contributed by atoms with Crippen molar-refractivity contribution < 1.29 is 10.2 Å². The molecule has 0 aliphatic heterocycles. The van der Waals surface area contributed by atoms with Crippen molar-refractivity contribution in [1.29, 1.82) is 0 Å². The van der Waals surface area contributed by atoms with Crippen LogP contribution >= 0.6 is 15.9 Å². The smallest absolute Gasteiger partial charge is 0.128 e. The topological polar surface area (TPSA) is 58.3 Å². The zero-order chi connectivity index (χ0) is 10.1. The van der Waals surface area contributed by atoms with Gasteiger partial charge in [0.25, 0.3) is 0 Å². The van der Waals surface area contributed by atoms with Crippen LogP contribution in [0.2, 0.25) is 0 Å². The van der Waals surface area contributed by atoms with Gasteiger partial charge < -0.3 is 10.2 Å². The molecule has 0 fully saturated rings. The predicted octanol–water partition coefficient (Wildman–Crippen LogP) is 0.909. The summed E-state index contributed by atoms with van der Waals surface area (Å²) in [7, 11) is 0. The van der Waals surface area contributed by atoms with Gasteiger partial charge in [0, 0.05) is 0 Å². The first-order chi connectivity index (χ1) is 5.92. The average Bonchev–Trinajstić information content (AvgIpc) is 2.27. The second-order valence-electron chi connectivity index (χ2n) is 3.59. The Hall–Kier alpha value is -0.390. The molecule has 0 radical (unpaired) electrons. The number of aliphatic hydroxyl groups excluding tert-OH is 1. The molecular weight excluding hydrogens is 236 g/mol. The Balaban J connectivity index is 2.87. The summed E-state index contributed by atoms with van der Waals surface area (Å²) in [6, 6.07) is 1.73. The standard InChI is InChI=1S/C8H13BrN2O2/c1-8(2,13)5-11-6(4-12)3-7(9)10-11/h3,12-13H,4-5H2,1-2H3. The van der Waals surface area contributed by atoms with E-state index in [0.717, 1.165) is 0 Å². The lowest BCUT2D eigenvalue weighted by molar-refractivity contribution is 0.0554. The van der Waals surface area contributed by atoms with E-state index in [2.05, 4.69) is 21.0 Å². The first-order valence-corrected chi connectivity index (χ1v) is 4.77. The third-order valence-electron chi connectivity index (χ3n) is 1.53. The second-order valence-corrected chi connectivity index (χ2v) is 4.40. The second kappa shape index (κ2) is 3.77. The molecule has 0 amide bonds. The number of halogens is 1. The van der Waals surface area contributed by atoms with Gasteiger partial charge in [-0.2, -0.15) is 5.10 Å². The van der Waals surface area contributed by atoms with E-state index in [9.17, 15) is 5.11 Å². The number of aliphatic hydroxyl groups is 2. The molecular formula is C8H13BrN2O2. The lowest BCUT2D eigenvalue weighted by Crippen LogP contribution is -2.27. The van der Waals surface area contributed by atoms with Crippen LogP contribution in [-0.2, 0) is 13.2 Å². The third kappa shape index (κ3) is 3.10. The maximum atomic E-state index is 9.54. The van der Waals surface area contributed by atoms with Crippen LogP contribution in [0.5, 0.6) is 0 Å². The maximum Gasteiger partial charge on any atom is 0.128 e. The highest BCUT2D eigenvalue weighted by molar-refractivity contribution is 9.10. The van der Waals surface area contributed by atoms with Crippen LogP contribution in [0.25, 0.3) is 0 Å². The van der Waals surface area contributed by atoms with Crippen molar-refractivity contribution >= 4 is 15.9 Å². The summed E-state index contributed by atoms with van der Waals surface area (Å²) >= 11 is 3.21. The number of hydrogen-bond donors (Lipinski definition) is 2. The molecule has 1 rings (SSSR count). The van der Waals surface area contributed by atoms with E-state index in [1.165, 1.54) is 0 Å². The summed E-state index contributed by atoms with van der Waals surface area (Å²) in [5.74, 6) is 0. The highest BCUT2D eigenvalue weighted by atomic mass is 79.9. The summed E-state index contributed by atoms with van der Waals surface area (Å²) in [4.78, 5) is 0. The van der Waals surface area contributed by atoms with Gasteiger partial charge in [-0.05, 0) is 35.8 Å². The van der Waals surface area contributed by atoms with Crippen LogP contribution in [0.15, 0.2) is 10.7 Å². The predicted molar refractivity (Wildman–Crippen MR) is 52.1 cm³/mol. The lowest BCUT2D eigenvalue weighted by atomic mass is 10.1. The van der Waals surface area contributed by atoms with Gasteiger partial charge in [-0.25, -0.2) is 0 Å². The Morgan fingerprint density at radius 2 is 2.23 bits per heavy atom. The van der Waals surface area contributed by atoms with Crippen LogP contribution in [0, 0.1) is 0 Å². The summed E-state index contributed by atoms with van der Waals surface area (Å²) in [6.07, 6.45) is 0. The monoisotopic (exact) mass is 248 g/mol. The highest BCUT2D eigenvalue weighted by Crippen LogP contribution is 2.14. The van der Waals surface area contributed by atoms with E-state index < -0.39 is 5.60 Å². The van der Waals surface area contributed by atoms with E-state index in [4.69, 9.17) is 5.11 Å².